The Balaban J connectivity index is 1.95. The predicted molar refractivity (Wildman–Crippen MR) is 166 cm³/mol. The van der Waals surface area contributed by atoms with E-state index in [0.29, 0.717) is 19.6 Å². The third-order valence-electron chi connectivity index (χ3n) is 8.56. The molecular weight excluding hydrogens is 538 g/mol. The molecule has 0 radical (unpaired) electrons. The molecule has 8 heteroatoms. The fourth-order valence-corrected chi connectivity index (χ4v) is 8.21. The molecule has 1 aromatic rings. The zero-order valence-electron chi connectivity index (χ0n) is 24.6. The first-order valence-corrected chi connectivity index (χ1v) is 16.1. The van der Waals surface area contributed by atoms with E-state index in [1.54, 1.807) is 19.3 Å². The molecule has 2 aliphatic carbocycles. The van der Waals surface area contributed by atoms with Gasteiger partial charge in [-0.1, -0.05) is 49.7 Å². The van der Waals surface area contributed by atoms with E-state index >= 15 is 0 Å². The van der Waals surface area contributed by atoms with E-state index in [2.05, 4.69) is 37.4 Å². The second-order valence-corrected chi connectivity index (χ2v) is 12.5. The van der Waals surface area contributed by atoms with Crippen molar-refractivity contribution in [3.05, 3.63) is 60.7 Å². The predicted octanol–water partition coefficient (Wildman–Crippen LogP) is 6.27. The van der Waals surface area contributed by atoms with Crippen molar-refractivity contribution < 1.29 is 29.3 Å². The van der Waals surface area contributed by atoms with Gasteiger partial charge in [0.25, 0.3) is 0 Å². The largest absolute Gasteiger partial charge is 0.490 e. The lowest BCUT2D eigenvalue weighted by Crippen LogP contribution is -2.64. The zero-order valence-corrected chi connectivity index (χ0v) is 25.4. The molecule has 226 valence electrons. The number of ether oxygens (including phenoxy) is 3. The minimum absolute atomic E-state index is 0.000118. The van der Waals surface area contributed by atoms with E-state index in [-0.39, 0.29) is 42.1 Å². The van der Waals surface area contributed by atoms with Gasteiger partial charge in [-0.25, -0.2) is 0 Å². The van der Waals surface area contributed by atoms with Gasteiger partial charge in [0.1, 0.15) is 25.2 Å². The van der Waals surface area contributed by atoms with E-state index in [0.717, 1.165) is 72.6 Å². The lowest BCUT2D eigenvalue weighted by atomic mass is 9.56. The SMILES string of the molecule is C=CCOc1ccc2c(c1)[C@H]1[C@H](CCCCO)[C@@H](CCCCO)C=C3C(=NOC)C[C@H](SCC)[C@@](OCC=C)(O2)[C@H]31. The number of oxime groups is 1. The van der Waals surface area contributed by atoms with Gasteiger partial charge in [0, 0.05) is 31.1 Å². The van der Waals surface area contributed by atoms with Crippen LogP contribution in [0.25, 0.3) is 0 Å². The molecule has 2 N–H and O–H groups in total. The Morgan fingerprint density at radius 1 is 1.10 bits per heavy atom. The van der Waals surface area contributed by atoms with Crippen LogP contribution in [0, 0.1) is 17.8 Å². The Labute approximate surface area is 249 Å². The third kappa shape index (κ3) is 6.71. The van der Waals surface area contributed by atoms with Gasteiger partial charge in [0.15, 0.2) is 0 Å². The molecular formula is C33H47NO6S. The molecule has 7 nitrogen and oxygen atoms in total. The molecule has 1 fully saturated rings. The van der Waals surface area contributed by atoms with Gasteiger partial charge < -0.3 is 29.3 Å². The van der Waals surface area contributed by atoms with Crippen LogP contribution in [0.15, 0.2) is 60.3 Å². The molecule has 41 heavy (non-hydrogen) atoms. The topological polar surface area (TPSA) is 89.7 Å². The van der Waals surface area contributed by atoms with Crippen LogP contribution < -0.4 is 9.47 Å². The Bertz CT molecular complexity index is 1090. The normalized spacial score (nSPS) is 29.1. The number of aliphatic hydroxyl groups is 2. The number of thioether (sulfide) groups is 1. The standard InChI is InChI=1S/C33H47NO6S/c1-5-18-38-24-14-15-29-27(21-24)31-25(13-9-11-17-36)23(12-8-10-16-35)20-26-28(34-37-4)22-30(41-7-3)33(40-29,32(26)31)39-19-6-2/h5-6,14-15,20-21,23,25,30-32,35-36H,1-2,7-13,16-19,22H2,3-4H3/t23-,25+,30-,31+,32+,33+/m0/s1. The molecule has 0 unspecified atom stereocenters. The van der Waals surface area contributed by atoms with Gasteiger partial charge in [-0.05, 0) is 67.0 Å². The highest BCUT2D eigenvalue weighted by Crippen LogP contribution is 2.62. The molecule has 0 amide bonds. The van der Waals surface area contributed by atoms with Gasteiger partial charge in [0.05, 0.1) is 23.5 Å². The maximum atomic E-state index is 9.65. The van der Waals surface area contributed by atoms with Gasteiger partial charge >= 0.3 is 0 Å². The average Bonchev–Trinajstić information content (AvgIpc) is 2.98. The summed E-state index contributed by atoms with van der Waals surface area (Å²) in [5.41, 5.74) is 3.22. The van der Waals surface area contributed by atoms with Gasteiger partial charge in [-0.3, -0.25) is 0 Å². The summed E-state index contributed by atoms with van der Waals surface area (Å²) < 4.78 is 19.8. The van der Waals surface area contributed by atoms with Crippen molar-refractivity contribution in [2.45, 2.75) is 68.8 Å². The van der Waals surface area contributed by atoms with Crippen molar-refractivity contribution in [3.63, 3.8) is 0 Å². The van der Waals surface area contributed by atoms with Crippen LogP contribution in [0.3, 0.4) is 0 Å². The summed E-state index contributed by atoms with van der Waals surface area (Å²) in [6.07, 6.45) is 12.0. The van der Waals surface area contributed by atoms with Crippen molar-refractivity contribution in [2.75, 3.05) is 39.3 Å². The molecule has 0 aromatic heterocycles. The molecule has 1 aliphatic heterocycles. The minimum Gasteiger partial charge on any atom is -0.490 e. The van der Waals surface area contributed by atoms with Crippen LogP contribution >= 0.6 is 11.8 Å². The van der Waals surface area contributed by atoms with Crippen LogP contribution in [0.4, 0.5) is 0 Å². The number of benzene rings is 1. The molecule has 3 aliphatic rings. The van der Waals surface area contributed by atoms with Crippen molar-refractivity contribution in [2.24, 2.45) is 22.9 Å². The second-order valence-electron chi connectivity index (χ2n) is 11.0. The molecule has 0 spiro atoms. The van der Waals surface area contributed by atoms with Crippen LogP contribution in [-0.2, 0) is 9.57 Å². The fourth-order valence-electron chi connectivity index (χ4n) is 7.03. The number of hydrogen-bond donors (Lipinski definition) is 2. The number of hydrogen-bond acceptors (Lipinski definition) is 8. The summed E-state index contributed by atoms with van der Waals surface area (Å²) in [6.45, 7) is 11.1. The lowest BCUT2D eigenvalue weighted by molar-refractivity contribution is -0.223. The molecule has 0 saturated heterocycles. The molecule has 0 bridgehead atoms. The Kier molecular flexibility index (Phi) is 11.8. The minimum atomic E-state index is -0.903. The first kappa shape index (κ1) is 31.7. The van der Waals surface area contributed by atoms with Crippen LogP contribution in [0.1, 0.15) is 63.4 Å². The van der Waals surface area contributed by atoms with Crippen molar-refractivity contribution >= 4 is 17.5 Å². The molecule has 4 rings (SSSR count). The maximum absolute atomic E-state index is 9.65. The summed E-state index contributed by atoms with van der Waals surface area (Å²) in [5, 5.41) is 23.8. The molecule has 1 heterocycles. The average molecular weight is 586 g/mol. The lowest BCUT2D eigenvalue weighted by Gasteiger charge is -2.58. The summed E-state index contributed by atoms with van der Waals surface area (Å²) >= 11 is 1.84. The van der Waals surface area contributed by atoms with Gasteiger partial charge in [-0.15, -0.1) is 6.58 Å². The van der Waals surface area contributed by atoms with Crippen molar-refractivity contribution in [1.82, 2.24) is 0 Å². The maximum Gasteiger partial charge on any atom is 0.230 e. The smallest absolute Gasteiger partial charge is 0.230 e. The number of aliphatic hydroxyl groups excluding tert-OH is 2. The summed E-state index contributed by atoms with van der Waals surface area (Å²) in [7, 11) is 1.61. The monoisotopic (exact) mass is 585 g/mol. The van der Waals surface area contributed by atoms with Gasteiger partial charge in [-0.2, -0.15) is 11.8 Å². The van der Waals surface area contributed by atoms with E-state index < -0.39 is 5.79 Å². The van der Waals surface area contributed by atoms with Crippen LogP contribution in [0.2, 0.25) is 0 Å². The van der Waals surface area contributed by atoms with Crippen molar-refractivity contribution in [3.8, 4) is 11.5 Å². The summed E-state index contributed by atoms with van der Waals surface area (Å²) in [6, 6.07) is 6.13. The first-order valence-electron chi connectivity index (χ1n) is 15.0. The first-order chi connectivity index (χ1) is 20.1. The second kappa shape index (κ2) is 15.3. The molecule has 1 saturated carbocycles. The molecule has 6 atom stereocenters. The molecule has 1 aromatic carbocycles. The van der Waals surface area contributed by atoms with E-state index in [9.17, 15) is 10.2 Å². The van der Waals surface area contributed by atoms with Crippen molar-refractivity contribution in [1.29, 1.82) is 0 Å². The number of fused-ring (bicyclic) bond motifs is 2. The summed E-state index contributed by atoms with van der Waals surface area (Å²) in [4.78, 5) is 5.42. The van der Waals surface area contributed by atoms with E-state index in [1.807, 2.05) is 23.9 Å². The number of allylic oxidation sites excluding steroid dienone is 1. The van der Waals surface area contributed by atoms with Crippen LogP contribution in [-0.4, -0.2) is 66.3 Å². The Hall–Kier alpha value is -2.26. The van der Waals surface area contributed by atoms with Gasteiger partial charge in [0.2, 0.25) is 5.79 Å². The summed E-state index contributed by atoms with van der Waals surface area (Å²) in [5.74, 6) is 2.16. The Morgan fingerprint density at radius 3 is 2.54 bits per heavy atom. The highest BCUT2D eigenvalue weighted by molar-refractivity contribution is 8.00. The third-order valence-corrected chi connectivity index (χ3v) is 9.79. The number of rotatable bonds is 17. The van der Waals surface area contributed by atoms with E-state index in [4.69, 9.17) is 19.0 Å². The fraction of sp³-hybridized carbons (Fsp3) is 0.606. The van der Waals surface area contributed by atoms with E-state index in [1.165, 1.54) is 0 Å². The Morgan fingerprint density at radius 2 is 1.85 bits per heavy atom. The highest BCUT2D eigenvalue weighted by atomic mass is 32.2. The number of nitrogens with zero attached hydrogens (tertiary/aromatic N) is 1. The quantitative estimate of drug-likeness (QED) is 0.127. The number of unbranched alkanes of at least 4 members (excludes halogenated alkanes) is 2. The highest BCUT2D eigenvalue weighted by Gasteiger charge is 2.63. The zero-order chi connectivity index (χ0) is 29.2. The van der Waals surface area contributed by atoms with Crippen LogP contribution in [0.5, 0.6) is 11.5 Å².